The zero-order valence-corrected chi connectivity index (χ0v) is 20.1. The maximum Gasteiger partial charge on any atom is 0.235 e. The standard InChI is InChI=1S/C25H29N3O7/c1-6-10-9-14(27(2)3)12-7-11-8-13-18(28(4)5)21(31)17(24(26)34)23(33)25(13,35)22(32)15(11)20(30)16(12)19(10)29/h6,9,11,13,15,17-18,29,35H,1,7-8H2,2-5H3,(H2,26,34)/t11-,13-,15?,17?,18-,25-/m0/s1. The van der Waals surface area contributed by atoms with Gasteiger partial charge in [-0.1, -0.05) is 12.7 Å². The Hall–Kier alpha value is -3.37. The Morgan fingerprint density at radius 3 is 2.31 bits per heavy atom. The Balaban J connectivity index is 1.92. The van der Waals surface area contributed by atoms with Crippen LogP contribution in [0.5, 0.6) is 5.75 Å². The second kappa shape index (κ2) is 8.10. The first-order valence-electron chi connectivity index (χ1n) is 11.3. The molecule has 0 saturated heterocycles. The molecule has 2 saturated carbocycles. The molecule has 1 aromatic carbocycles. The molecular weight excluding hydrogens is 454 g/mol. The van der Waals surface area contributed by atoms with Crippen molar-refractivity contribution in [2.45, 2.75) is 24.5 Å². The third-order valence-electron chi connectivity index (χ3n) is 7.77. The van der Waals surface area contributed by atoms with E-state index in [0.29, 0.717) is 16.8 Å². The summed E-state index contributed by atoms with van der Waals surface area (Å²) in [5.41, 5.74) is 4.07. The van der Waals surface area contributed by atoms with E-state index in [9.17, 15) is 34.2 Å². The number of phenols is 1. The smallest absolute Gasteiger partial charge is 0.235 e. The highest BCUT2D eigenvalue weighted by Gasteiger charge is 2.69. The minimum atomic E-state index is -2.73. The van der Waals surface area contributed by atoms with Gasteiger partial charge in [-0.05, 0) is 44.5 Å². The molecule has 1 aromatic rings. The summed E-state index contributed by atoms with van der Waals surface area (Å²) in [7, 11) is 6.66. The van der Waals surface area contributed by atoms with Crippen LogP contribution in [0.25, 0.3) is 6.08 Å². The van der Waals surface area contributed by atoms with E-state index in [-0.39, 0.29) is 24.2 Å². The van der Waals surface area contributed by atoms with Crippen LogP contribution in [-0.2, 0) is 25.6 Å². The van der Waals surface area contributed by atoms with E-state index < -0.39 is 64.4 Å². The first-order valence-corrected chi connectivity index (χ1v) is 11.3. The molecule has 4 rings (SSSR count). The molecule has 10 heteroatoms. The summed E-state index contributed by atoms with van der Waals surface area (Å²) in [6.45, 7) is 3.67. The number of rotatable bonds is 4. The molecule has 0 bridgehead atoms. The van der Waals surface area contributed by atoms with E-state index in [4.69, 9.17) is 5.73 Å². The number of hydrogen-bond acceptors (Lipinski definition) is 9. The van der Waals surface area contributed by atoms with Crippen molar-refractivity contribution in [2.75, 3.05) is 33.1 Å². The van der Waals surface area contributed by atoms with Crippen LogP contribution in [0.1, 0.15) is 27.9 Å². The van der Waals surface area contributed by atoms with Gasteiger partial charge in [-0.25, -0.2) is 0 Å². The van der Waals surface area contributed by atoms with Crippen LogP contribution >= 0.6 is 0 Å². The number of ketones is 4. The fourth-order valence-corrected chi connectivity index (χ4v) is 6.23. The highest BCUT2D eigenvalue weighted by Crippen LogP contribution is 2.52. The van der Waals surface area contributed by atoms with Crippen LogP contribution in [0.4, 0.5) is 5.69 Å². The lowest BCUT2D eigenvalue weighted by Crippen LogP contribution is -2.74. The molecule has 0 aromatic heterocycles. The van der Waals surface area contributed by atoms with Gasteiger partial charge in [0, 0.05) is 31.3 Å². The molecule has 0 aliphatic heterocycles. The number of aromatic hydroxyl groups is 1. The molecule has 10 nitrogen and oxygen atoms in total. The summed E-state index contributed by atoms with van der Waals surface area (Å²) < 4.78 is 0. The lowest BCUT2D eigenvalue weighted by atomic mass is 9.52. The summed E-state index contributed by atoms with van der Waals surface area (Å²) in [6.07, 6.45) is 1.62. The first-order chi connectivity index (χ1) is 16.3. The van der Waals surface area contributed by atoms with Crippen LogP contribution < -0.4 is 10.6 Å². The average Bonchev–Trinajstić information content (AvgIpc) is 2.75. The molecule has 35 heavy (non-hydrogen) atoms. The van der Waals surface area contributed by atoms with Crippen LogP contribution in [0, 0.1) is 23.7 Å². The topological polar surface area (TPSA) is 158 Å². The van der Waals surface area contributed by atoms with Gasteiger partial charge in [-0.15, -0.1) is 0 Å². The van der Waals surface area contributed by atoms with E-state index >= 15 is 0 Å². The van der Waals surface area contributed by atoms with Crippen LogP contribution in [0.2, 0.25) is 0 Å². The largest absolute Gasteiger partial charge is 0.507 e. The number of aliphatic hydroxyl groups is 1. The second-order valence-corrected chi connectivity index (χ2v) is 10.1. The lowest BCUT2D eigenvalue weighted by Gasteiger charge is -2.52. The number of anilines is 1. The monoisotopic (exact) mass is 483 g/mol. The molecule has 4 N–H and O–H groups in total. The molecule has 0 radical (unpaired) electrons. The summed E-state index contributed by atoms with van der Waals surface area (Å²) in [6, 6.07) is 0.574. The molecule has 186 valence electrons. The number of Topliss-reactive ketones (excluding diaryl/α,β-unsaturated/α-hetero) is 4. The fourth-order valence-electron chi connectivity index (χ4n) is 6.23. The fraction of sp³-hybridized carbons (Fsp3) is 0.480. The van der Waals surface area contributed by atoms with Gasteiger partial charge in [0.2, 0.25) is 5.91 Å². The number of phenolic OH excluding ortho intramolecular Hbond substituents is 1. The summed E-state index contributed by atoms with van der Waals surface area (Å²) in [5, 5.41) is 22.4. The maximum atomic E-state index is 13.8. The molecule has 1 amide bonds. The van der Waals surface area contributed by atoms with Crippen molar-refractivity contribution in [2.24, 2.45) is 29.4 Å². The Bertz CT molecular complexity index is 1200. The van der Waals surface area contributed by atoms with Crippen molar-refractivity contribution in [1.82, 2.24) is 4.90 Å². The third-order valence-corrected chi connectivity index (χ3v) is 7.77. The third kappa shape index (κ3) is 3.20. The molecule has 3 aliphatic rings. The molecule has 0 heterocycles. The van der Waals surface area contributed by atoms with E-state index in [1.165, 1.54) is 11.0 Å². The highest BCUT2D eigenvalue weighted by molar-refractivity contribution is 6.32. The van der Waals surface area contributed by atoms with E-state index in [1.807, 2.05) is 0 Å². The Morgan fingerprint density at radius 1 is 1.17 bits per heavy atom. The van der Waals surface area contributed by atoms with Crippen molar-refractivity contribution in [3.8, 4) is 5.75 Å². The van der Waals surface area contributed by atoms with E-state index in [1.54, 1.807) is 39.2 Å². The minimum Gasteiger partial charge on any atom is -0.507 e. The van der Waals surface area contributed by atoms with Crippen LogP contribution in [0.3, 0.4) is 0 Å². The van der Waals surface area contributed by atoms with Gasteiger partial charge in [-0.2, -0.15) is 0 Å². The Labute approximate surface area is 202 Å². The number of fused-ring (bicyclic) bond motifs is 3. The normalized spacial score (nSPS) is 32.1. The van der Waals surface area contributed by atoms with Crippen molar-refractivity contribution < 1.29 is 34.2 Å². The molecule has 2 fully saturated rings. The van der Waals surface area contributed by atoms with Crippen molar-refractivity contribution >= 4 is 40.8 Å². The van der Waals surface area contributed by atoms with Crippen LogP contribution in [-0.4, -0.2) is 84.0 Å². The molecule has 3 aliphatic carbocycles. The van der Waals surface area contributed by atoms with Crippen molar-refractivity contribution in [3.05, 3.63) is 29.3 Å². The van der Waals surface area contributed by atoms with Crippen LogP contribution in [0.15, 0.2) is 12.6 Å². The molecule has 2 unspecified atom stereocenters. The maximum absolute atomic E-state index is 13.8. The molecular formula is C25H29N3O7. The number of nitrogens with two attached hydrogens (primary N) is 1. The van der Waals surface area contributed by atoms with E-state index in [0.717, 1.165) is 0 Å². The van der Waals surface area contributed by atoms with Gasteiger partial charge in [-0.3, -0.25) is 28.9 Å². The number of amides is 1. The summed E-state index contributed by atoms with van der Waals surface area (Å²) in [5.74, 6) is -10.6. The highest BCUT2D eigenvalue weighted by atomic mass is 16.3. The number of benzene rings is 1. The average molecular weight is 484 g/mol. The van der Waals surface area contributed by atoms with Gasteiger partial charge in [0.05, 0.1) is 17.5 Å². The molecule has 6 atom stereocenters. The summed E-state index contributed by atoms with van der Waals surface area (Å²) >= 11 is 0. The number of carbonyl (C=O) groups is 5. The Morgan fingerprint density at radius 2 is 1.80 bits per heavy atom. The number of likely N-dealkylation sites (N-methyl/N-ethyl adjacent to an activating group) is 1. The quantitative estimate of drug-likeness (QED) is 0.483. The number of carbonyl (C=O) groups excluding carboxylic acids is 5. The minimum absolute atomic E-state index is 0.0146. The molecule has 0 spiro atoms. The number of hydrogen-bond donors (Lipinski definition) is 3. The van der Waals surface area contributed by atoms with E-state index in [2.05, 4.69) is 6.58 Å². The second-order valence-electron chi connectivity index (χ2n) is 10.1. The first kappa shape index (κ1) is 24.7. The predicted molar refractivity (Wildman–Crippen MR) is 126 cm³/mol. The summed E-state index contributed by atoms with van der Waals surface area (Å²) in [4.78, 5) is 69.1. The predicted octanol–water partition coefficient (Wildman–Crippen LogP) is -0.424. The van der Waals surface area contributed by atoms with Gasteiger partial charge >= 0.3 is 0 Å². The number of primary amides is 1. The van der Waals surface area contributed by atoms with Gasteiger partial charge in [0.15, 0.2) is 34.7 Å². The van der Waals surface area contributed by atoms with Crippen molar-refractivity contribution in [1.29, 1.82) is 0 Å². The van der Waals surface area contributed by atoms with Gasteiger partial charge in [0.1, 0.15) is 5.75 Å². The lowest BCUT2D eigenvalue weighted by molar-refractivity contribution is -0.181. The Kier molecular flexibility index (Phi) is 5.72. The van der Waals surface area contributed by atoms with Gasteiger partial charge in [0.25, 0.3) is 0 Å². The zero-order chi connectivity index (χ0) is 26.1. The number of nitrogens with zero attached hydrogens (tertiary/aromatic N) is 2. The van der Waals surface area contributed by atoms with Gasteiger partial charge < -0.3 is 20.8 Å². The van der Waals surface area contributed by atoms with Crippen molar-refractivity contribution in [3.63, 3.8) is 0 Å². The zero-order valence-electron chi connectivity index (χ0n) is 20.1. The SMILES string of the molecule is C=Cc1cc(N(C)C)c2c(c1O)C(=O)C1C(=O)[C@]3(O)C(=O)C(C(N)=O)C(=O)[C@@H](N(C)C)[C@@H]3C[C@@H]1C2.